The molecule has 0 saturated carbocycles. The molecule has 0 spiro atoms. The summed E-state index contributed by atoms with van der Waals surface area (Å²) in [5.41, 5.74) is 1.13. The molecule has 0 aliphatic carbocycles. The molecular formula is C22H22Cl2N2O3S. The van der Waals surface area contributed by atoms with E-state index in [4.69, 9.17) is 23.2 Å². The van der Waals surface area contributed by atoms with Gasteiger partial charge < -0.3 is 5.32 Å². The Morgan fingerprint density at radius 3 is 2.47 bits per heavy atom. The van der Waals surface area contributed by atoms with Crippen molar-refractivity contribution in [1.82, 2.24) is 5.32 Å². The average molecular weight is 465 g/mol. The Morgan fingerprint density at radius 1 is 1.07 bits per heavy atom. The van der Waals surface area contributed by atoms with Gasteiger partial charge in [0.05, 0.1) is 17.0 Å². The zero-order valence-corrected chi connectivity index (χ0v) is 18.9. The van der Waals surface area contributed by atoms with Crippen LogP contribution < -0.4 is 9.62 Å². The van der Waals surface area contributed by atoms with E-state index in [0.29, 0.717) is 5.02 Å². The first-order valence-electron chi connectivity index (χ1n) is 9.41. The Hall–Kier alpha value is -2.28. The largest absolute Gasteiger partial charge is 0.350 e. The lowest BCUT2D eigenvalue weighted by Crippen LogP contribution is -2.49. The number of amides is 1. The van der Waals surface area contributed by atoms with Crippen LogP contribution in [0.5, 0.6) is 0 Å². The number of fused-ring (bicyclic) bond motifs is 1. The molecule has 158 valence electrons. The molecule has 1 atom stereocenters. The number of anilines is 1. The lowest BCUT2D eigenvalue weighted by atomic mass is 10.0. The van der Waals surface area contributed by atoms with Crippen molar-refractivity contribution in [3.8, 4) is 0 Å². The Labute approximate surface area is 186 Å². The normalized spacial score (nSPS) is 12.5. The Morgan fingerprint density at radius 2 is 1.77 bits per heavy atom. The predicted molar refractivity (Wildman–Crippen MR) is 124 cm³/mol. The van der Waals surface area contributed by atoms with Crippen molar-refractivity contribution in [1.29, 1.82) is 0 Å². The van der Waals surface area contributed by atoms with Crippen molar-refractivity contribution in [2.45, 2.75) is 25.9 Å². The van der Waals surface area contributed by atoms with Gasteiger partial charge in [-0.1, -0.05) is 72.6 Å². The van der Waals surface area contributed by atoms with E-state index in [2.05, 4.69) is 5.32 Å². The number of nitrogens with zero attached hydrogens (tertiary/aromatic N) is 1. The summed E-state index contributed by atoms with van der Waals surface area (Å²) in [6.07, 6.45) is 1.31. The fourth-order valence-electron chi connectivity index (χ4n) is 3.44. The summed E-state index contributed by atoms with van der Waals surface area (Å²) >= 11 is 12.3. The molecule has 3 aromatic carbocycles. The molecule has 3 aromatic rings. The summed E-state index contributed by atoms with van der Waals surface area (Å²) in [6, 6.07) is 17.3. The second kappa shape index (κ2) is 9.25. The van der Waals surface area contributed by atoms with E-state index in [1.165, 1.54) is 12.1 Å². The minimum absolute atomic E-state index is 0.179. The van der Waals surface area contributed by atoms with Crippen molar-refractivity contribution >= 4 is 55.6 Å². The maximum Gasteiger partial charge on any atom is 0.244 e. The van der Waals surface area contributed by atoms with Crippen LogP contribution in [-0.2, 0) is 21.4 Å². The lowest BCUT2D eigenvalue weighted by Gasteiger charge is -2.31. The molecule has 0 fully saturated rings. The van der Waals surface area contributed by atoms with Crippen LogP contribution in [0.25, 0.3) is 10.8 Å². The fraction of sp³-hybridized carbons (Fsp3) is 0.227. The molecule has 1 unspecified atom stereocenters. The van der Waals surface area contributed by atoms with E-state index >= 15 is 0 Å². The summed E-state index contributed by atoms with van der Waals surface area (Å²) in [5, 5.41) is 5.51. The number of hydrogen-bond donors (Lipinski definition) is 1. The van der Waals surface area contributed by atoms with E-state index in [-0.39, 0.29) is 23.7 Å². The number of nitrogens with one attached hydrogen (secondary N) is 1. The van der Waals surface area contributed by atoms with E-state index < -0.39 is 22.0 Å². The van der Waals surface area contributed by atoms with E-state index in [0.717, 1.165) is 26.9 Å². The SMILES string of the molecule is CCC(C(=O)NCc1cccc2ccccc12)N(c1cc(Cl)ccc1Cl)S(C)(=O)=O. The molecule has 5 nitrogen and oxygen atoms in total. The minimum Gasteiger partial charge on any atom is -0.350 e. The van der Waals surface area contributed by atoms with E-state index in [1.807, 2.05) is 42.5 Å². The second-order valence-electron chi connectivity index (χ2n) is 6.93. The number of sulfonamides is 1. The van der Waals surface area contributed by atoms with Gasteiger partial charge in [0, 0.05) is 11.6 Å². The van der Waals surface area contributed by atoms with Gasteiger partial charge in [0.1, 0.15) is 6.04 Å². The molecule has 30 heavy (non-hydrogen) atoms. The molecule has 1 amide bonds. The van der Waals surface area contributed by atoms with Crippen molar-refractivity contribution in [3.63, 3.8) is 0 Å². The summed E-state index contributed by atoms with van der Waals surface area (Å²) < 4.78 is 26.2. The van der Waals surface area contributed by atoms with Crippen LogP contribution in [0.4, 0.5) is 5.69 Å². The highest BCUT2D eigenvalue weighted by Crippen LogP contribution is 2.33. The molecule has 0 saturated heterocycles. The third-order valence-electron chi connectivity index (χ3n) is 4.81. The van der Waals surface area contributed by atoms with Crippen LogP contribution in [0.3, 0.4) is 0 Å². The number of carbonyl (C=O) groups excluding carboxylic acids is 1. The molecule has 0 aromatic heterocycles. The van der Waals surface area contributed by atoms with Crippen LogP contribution in [0.2, 0.25) is 10.0 Å². The molecule has 1 N–H and O–H groups in total. The quantitative estimate of drug-likeness (QED) is 0.534. The van der Waals surface area contributed by atoms with Crippen LogP contribution in [0.1, 0.15) is 18.9 Å². The van der Waals surface area contributed by atoms with Gasteiger partial charge in [0.25, 0.3) is 0 Å². The lowest BCUT2D eigenvalue weighted by molar-refractivity contribution is -0.122. The van der Waals surface area contributed by atoms with Crippen molar-refractivity contribution < 1.29 is 13.2 Å². The smallest absolute Gasteiger partial charge is 0.244 e. The summed E-state index contributed by atoms with van der Waals surface area (Å²) in [6.45, 7) is 2.02. The number of carbonyl (C=O) groups is 1. The van der Waals surface area contributed by atoms with Crippen molar-refractivity contribution in [2.75, 3.05) is 10.6 Å². The molecular weight excluding hydrogens is 443 g/mol. The number of benzene rings is 3. The van der Waals surface area contributed by atoms with Gasteiger partial charge in [-0.2, -0.15) is 0 Å². The summed E-state index contributed by atoms with van der Waals surface area (Å²) in [4.78, 5) is 13.0. The fourth-order valence-corrected chi connectivity index (χ4v) is 5.08. The third kappa shape index (κ3) is 4.89. The highest BCUT2D eigenvalue weighted by atomic mass is 35.5. The highest BCUT2D eigenvalue weighted by Gasteiger charge is 2.32. The molecule has 3 rings (SSSR count). The summed E-state index contributed by atoms with van der Waals surface area (Å²) in [5.74, 6) is -0.410. The Balaban J connectivity index is 1.90. The summed E-state index contributed by atoms with van der Waals surface area (Å²) in [7, 11) is -3.80. The third-order valence-corrected chi connectivity index (χ3v) is 6.53. The highest BCUT2D eigenvalue weighted by molar-refractivity contribution is 7.92. The first kappa shape index (κ1) is 22.4. The van der Waals surface area contributed by atoms with E-state index in [9.17, 15) is 13.2 Å². The van der Waals surface area contributed by atoms with Gasteiger partial charge in [-0.05, 0) is 41.0 Å². The minimum atomic E-state index is -3.80. The van der Waals surface area contributed by atoms with Crippen LogP contribution in [0.15, 0.2) is 60.7 Å². The van der Waals surface area contributed by atoms with Crippen molar-refractivity contribution in [2.24, 2.45) is 0 Å². The zero-order valence-electron chi connectivity index (χ0n) is 16.6. The van der Waals surface area contributed by atoms with Gasteiger partial charge in [-0.25, -0.2) is 8.42 Å². The topological polar surface area (TPSA) is 66.5 Å². The van der Waals surface area contributed by atoms with Crippen LogP contribution in [0, 0.1) is 0 Å². The molecule has 8 heteroatoms. The number of hydrogen-bond acceptors (Lipinski definition) is 3. The number of halogens is 2. The average Bonchev–Trinajstić information content (AvgIpc) is 2.71. The molecule has 0 bridgehead atoms. The Bertz CT molecular complexity index is 1180. The number of rotatable bonds is 7. The first-order chi connectivity index (χ1) is 14.2. The zero-order chi connectivity index (χ0) is 21.9. The standard InChI is InChI=1S/C22H22Cl2N2O3S/c1-3-20(26(30(2,28)29)21-13-17(23)11-12-19(21)24)22(27)25-14-16-9-6-8-15-7-4-5-10-18(15)16/h4-13,20H,3,14H2,1-2H3,(H,25,27). The monoisotopic (exact) mass is 464 g/mol. The van der Waals surface area contributed by atoms with Gasteiger partial charge in [-0.3, -0.25) is 9.10 Å². The maximum absolute atomic E-state index is 13.0. The molecule has 0 heterocycles. The van der Waals surface area contributed by atoms with Gasteiger partial charge in [0.2, 0.25) is 15.9 Å². The molecule has 0 aliphatic heterocycles. The van der Waals surface area contributed by atoms with Gasteiger partial charge in [-0.15, -0.1) is 0 Å². The second-order valence-corrected chi connectivity index (χ2v) is 9.64. The Kier molecular flexibility index (Phi) is 6.91. The van der Waals surface area contributed by atoms with Crippen LogP contribution >= 0.6 is 23.2 Å². The maximum atomic E-state index is 13.0. The molecule has 0 radical (unpaired) electrons. The predicted octanol–water partition coefficient (Wildman–Crippen LogP) is 5.01. The first-order valence-corrected chi connectivity index (χ1v) is 12.0. The van der Waals surface area contributed by atoms with Gasteiger partial charge >= 0.3 is 0 Å². The van der Waals surface area contributed by atoms with Gasteiger partial charge in [0.15, 0.2) is 0 Å². The van der Waals surface area contributed by atoms with E-state index in [1.54, 1.807) is 13.0 Å². The van der Waals surface area contributed by atoms with Crippen molar-refractivity contribution in [3.05, 3.63) is 76.3 Å². The molecule has 0 aliphatic rings. The van der Waals surface area contributed by atoms with Crippen LogP contribution in [-0.4, -0.2) is 26.6 Å².